The summed E-state index contributed by atoms with van der Waals surface area (Å²) < 4.78 is 25.0. The first kappa shape index (κ1) is 31.6. The third-order valence-corrected chi connectivity index (χ3v) is 8.81. The number of hydrogen-bond donors (Lipinski definition) is 0. The van der Waals surface area contributed by atoms with Crippen LogP contribution in [0.5, 0.6) is 17.2 Å². The van der Waals surface area contributed by atoms with E-state index in [1.165, 1.54) is 11.3 Å². The number of methoxy groups -OCH3 is 1. The number of hydrogen-bond acceptors (Lipinski definition) is 8. The Bertz CT molecular complexity index is 2170. The average molecular weight is 647 g/mol. The van der Waals surface area contributed by atoms with Gasteiger partial charge in [0.15, 0.2) is 16.3 Å². The van der Waals surface area contributed by atoms with E-state index in [4.69, 9.17) is 18.9 Å². The van der Waals surface area contributed by atoms with Gasteiger partial charge in [-0.1, -0.05) is 84.7 Å². The summed E-state index contributed by atoms with van der Waals surface area (Å²) in [5, 5.41) is 2.29. The minimum Gasteiger partial charge on any atom is -0.493 e. The highest BCUT2D eigenvalue weighted by atomic mass is 32.1. The van der Waals surface area contributed by atoms with E-state index >= 15 is 0 Å². The molecule has 0 amide bonds. The fourth-order valence-corrected chi connectivity index (χ4v) is 6.67. The molecule has 0 bridgehead atoms. The molecule has 47 heavy (non-hydrogen) atoms. The summed E-state index contributed by atoms with van der Waals surface area (Å²) in [5.41, 5.74) is 3.11. The lowest BCUT2D eigenvalue weighted by Crippen LogP contribution is -2.39. The van der Waals surface area contributed by atoms with E-state index in [1.807, 2.05) is 60.7 Å². The van der Waals surface area contributed by atoms with Crippen molar-refractivity contribution < 1.29 is 23.7 Å². The van der Waals surface area contributed by atoms with E-state index in [9.17, 15) is 9.59 Å². The molecule has 1 aliphatic heterocycles. The maximum absolute atomic E-state index is 14.0. The van der Waals surface area contributed by atoms with Gasteiger partial charge in [-0.25, -0.2) is 9.79 Å². The fraction of sp³-hybridized carbons (Fsp3) is 0.184. The van der Waals surface area contributed by atoms with Gasteiger partial charge in [-0.2, -0.15) is 0 Å². The molecule has 0 saturated heterocycles. The van der Waals surface area contributed by atoms with E-state index < -0.39 is 12.0 Å². The maximum atomic E-state index is 14.0. The zero-order chi connectivity index (χ0) is 32.9. The van der Waals surface area contributed by atoms with Crippen LogP contribution >= 0.6 is 11.3 Å². The van der Waals surface area contributed by atoms with E-state index in [1.54, 1.807) is 37.7 Å². The number of thiazole rings is 1. The van der Waals surface area contributed by atoms with Crippen LogP contribution in [0.1, 0.15) is 36.6 Å². The molecule has 0 fully saturated rings. The first-order valence-corrected chi connectivity index (χ1v) is 16.0. The highest BCUT2D eigenvalue weighted by Gasteiger charge is 2.33. The third kappa shape index (κ3) is 6.48. The first-order chi connectivity index (χ1) is 22.9. The number of carbonyl (C=O) groups is 1. The molecule has 6 rings (SSSR count). The number of carbonyl (C=O) groups excluding carboxylic acids is 1. The normalized spacial score (nSPS) is 14.4. The zero-order valence-electron chi connectivity index (χ0n) is 26.4. The fourth-order valence-electron chi connectivity index (χ4n) is 5.63. The van der Waals surface area contributed by atoms with Crippen LogP contribution in [0.15, 0.2) is 119 Å². The standard InChI is InChI=1S/C38H34N2O6S/c1-5-20-45-29-17-15-27(16-18-29)35-34(37(42)44-6-2)24(3)39-38-40(35)36(41)33(47-38)22-25-14-19-31(32(21-25)43-4)46-23-28-12-9-11-26-10-7-8-13-30(26)28/h5,7-19,21-22,35H,1,6,20,23H2,2-4H3/b33-22-/t35-/m1/s1. The summed E-state index contributed by atoms with van der Waals surface area (Å²) in [7, 11) is 1.59. The van der Waals surface area contributed by atoms with Gasteiger partial charge < -0.3 is 18.9 Å². The van der Waals surface area contributed by atoms with Gasteiger partial charge in [-0.3, -0.25) is 9.36 Å². The Morgan fingerprint density at radius 2 is 1.79 bits per heavy atom. The number of fused-ring (bicyclic) bond motifs is 2. The van der Waals surface area contributed by atoms with Crippen LogP contribution in [0.4, 0.5) is 0 Å². The van der Waals surface area contributed by atoms with Crippen molar-refractivity contribution in [3.63, 3.8) is 0 Å². The van der Waals surface area contributed by atoms with Gasteiger partial charge in [0.2, 0.25) is 0 Å². The number of aromatic nitrogens is 1. The minimum atomic E-state index is -0.722. The van der Waals surface area contributed by atoms with Crippen molar-refractivity contribution in [2.45, 2.75) is 26.5 Å². The smallest absolute Gasteiger partial charge is 0.338 e. The Balaban J connectivity index is 1.35. The molecule has 2 heterocycles. The molecule has 8 nitrogen and oxygen atoms in total. The lowest BCUT2D eigenvalue weighted by Gasteiger charge is -2.24. The van der Waals surface area contributed by atoms with Crippen molar-refractivity contribution in [2.75, 3.05) is 20.3 Å². The second-order valence-electron chi connectivity index (χ2n) is 10.8. The molecule has 0 spiro atoms. The van der Waals surface area contributed by atoms with E-state index in [0.717, 1.165) is 27.5 Å². The Hall–Kier alpha value is -5.41. The maximum Gasteiger partial charge on any atom is 0.338 e. The molecule has 5 aromatic rings. The molecule has 0 N–H and O–H groups in total. The van der Waals surface area contributed by atoms with Crippen molar-refractivity contribution in [3.05, 3.63) is 145 Å². The van der Waals surface area contributed by atoms with Crippen molar-refractivity contribution in [2.24, 2.45) is 4.99 Å². The molecule has 0 radical (unpaired) electrons. The van der Waals surface area contributed by atoms with Crippen LogP contribution in [-0.4, -0.2) is 30.9 Å². The number of rotatable bonds is 11. The number of ether oxygens (including phenoxy) is 4. The molecule has 1 aromatic heterocycles. The molecule has 9 heteroatoms. The van der Waals surface area contributed by atoms with Crippen LogP contribution in [0, 0.1) is 0 Å². The quantitative estimate of drug-likeness (QED) is 0.127. The number of esters is 1. The highest BCUT2D eigenvalue weighted by molar-refractivity contribution is 7.07. The average Bonchev–Trinajstić information content (AvgIpc) is 3.39. The lowest BCUT2D eigenvalue weighted by atomic mass is 9.96. The van der Waals surface area contributed by atoms with Crippen LogP contribution in [0.2, 0.25) is 0 Å². The van der Waals surface area contributed by atoms with Crippen molar-refractivity contribution in [1.29, 1.82) is 0 Å². The van der Waals surface area contributed by atoms with Gasteiger partial charge in [0.25, 0.3) is 5.56 Å². The Morgan fingerprint density at radius 1 is 1.00 bits per heavy atom. The second-order valence-corrected chi connectivity index (χ2v) is 11.8. The van der Waals surface area contributed by atoms with Crippen molar-refractivity contribution in [1.82, 2.24) is 4.57 Å². The molecule has 0 saturated carbocycles. The topological polar surface area (TPSA) is 88.4 Å². The highest BCUT2D eigenvalue weighted by Crippen LogP contribution is 2.32. The molecule has 1 aliphatic rings. The first-order valence-electron chi connectivity index (χ1n) is 15.2. The molecule has 238 valence electrons. The SMILES string of the molecule is C=CCOc1ccc([C@@H]2C(C(=O)OCC)=C(C)N=c3s/c(=C\c4ccc(OCc5cccc6ccccc56)c(OC)c4)c(=O)n32)cc1. The molecular weight excluding hydrogens is 612 g/mol. The summed E-state index contributed by atoms with van der Waals surface area (Å²) in [6.07, 6.45) is 3.46. The second kappa shape index (κ2) is 13.9. The van der Waals surface area contributed by atoms with Gasteiger partial charge in [-0.05, 0) is 71.7 Å². The number of benzene rings is 4. The van der Waals surface area contributed by atoms with Crippen molar-refractivity contribution >= 4 is 34.2 Å². The van der Waals surface area contributed by atoms with E-state index in [-0.39, 0.29) is 12.2 Å². The molecule has 4 aromatic carbocycles. The number of nitrogens with zero attached hydrogens (tertiary/aromatic N) is 2. The summed E-state index contributed by atoms with van der Waals surface area (Å²) in [4.78, 5) is 32.4. The Labute approximate surface area is 276 Å². The predicted octanol–water partition coefficient (Wildman–Crippen LogP) is 6.10. The summed E-state index contributed by atoms with van der Waals surface area (Å²) in [6.45, 7) is 8.14. The minimum absolute atomic E-state index is 0.199. The van der Waals surface area contributed by atoms with Crippen molar-refractivity contribution in [3.8, 4) is 17.2 Å². The molecule has 0 unspecified atom stereocenters. The van der Waals surface area contributed by atoms with Gasteiger partial charge in [0.05, 0.1) is 35.6 Å². The van der Waals surface area contributed by atoms with Gasteiger partial charge in [-0.15, -0.1) is 0 Å². The summed E-state index contributed by atoms with van der Waals surface area (Å²) >= 11 is 1.26. The van der Waals surface area contributed by atoms with Gasteiger partial charge in [0, 0.05) is 0 Å². The van der Waals surface area contributed by atoms with Crippen LogP contribution in [0.3, 0.4) is 0 Å². The lowest BCUT2D eigenvalue weighted by molar-refractivity contribution is -0.139. The third-order valence-electron chi connectivity index (χ3n) is 7.83. The van der Waals surface area contributed by atoms with E-state index in [0.29, 0.717) is 51.1 Å². The summed E-state index contributed by atoms with van der Waals surface area (Å²) in [5.74, 6) is 1.28. The Kier molecular flexibility index (Phi) is 9.35. The summed E-state index contributed by atoms with van der Waals surface area (Å²) in [6, 6.07) is 26.5. The molecule has 0 aliphatic carbocycles. The van der Waals surface area contributed by atoms with Crippen LogP contribution < -0.4 is 29.1 Å². The largest absolute Gasteiger partial charge is 0.493 e. The van der Waals surface area contributed by atoms with Crippen LogP contribution in [-0.2, 0) is 16.1 Å². The van der Waals surface area contributed by atoms with E-state index in [2.05, 4.69) is 35.8 Å². The molecule has 1 atom stereocenters. The van der Waals surface area contributed by atoms with Gasteiger partial charge in [0.1, 0.15) is 19.0 Å². The predicted molar refractivity (Wildman–Crippen MR) is 184 cm³/mol. The Morgan fingerprint density at radius 3 is 2.55 bits per heavy atom. The zero-order valence-corrected chi connectivity index (χ0v) is 27.2. The monoisotopic (exact) mass is 646 g/mol. The number of allylic oxidation sites excluding steroid dienone is 1. The molecular formula is C38H34N2O6S. The van der Waals surface area contributed by atoms with Crippen LogP contribution in [0.25, 0.3) is 16.8 Å². The van der Waals surface area contributed by atoms with Gasteiger partial charge >= 0.3 is 5.97 Å².